The first-order valence-electron chi connectivity index (χ1n) is 10.5. The average Bonchev–Trinajstić information content (AvgIpc) is 3.22. The number of ketones is 1. The van der Waals surface area contributed by atoms with Gasteiger partial charge in [0.15, 0.2) is 5.78 Å². The Morgan fingerprint density at radius 1 is 1.00 bits per heavy atom. The van der Waals surface area contributed by atoms with Crippen LogP contribution < -0.4 is 4.74 Å². The van der Waals surface area contributed by atoms with Crippen molar-refractivity contribution in [3.8, 4) is 5.75 Å². The van der Waals surface area contributed by atoms with Crippen molar-refractivity contribution >= 4 is 39.0 Å². The van der Waals surface area contributed by atoms with E-state index in [2.05, 4.69) is 38.1 Å². The summed E-state index contributed by atoms with van der Waals surface area (Å²) in [6.45, 7) is 6.88. The first-order chi connectivity index (χ1) is 15.0. The van der Waals surface area contributed by atoms with Gasteiger partial charge in [-0.3, -0.25) is 4.79 Å². The van der Waals surface area contributed by atoms with Crippen molar-refractivity contribution in [2.45, 2.75) is 26.7 Å². The van der Waals surface area contributed by atoms with Gasteiger partial charge in [-0.1, -0.05) is 50.2 Å². The number of rotatable bonds is 7. The number of carbonyl (C=O) groups excluding carboxylic acids is 1. The van der Waals surface area contributed by atoms with Gasteiger partial charge in [0.1, 0.15) is 10.8 Å². The van der Waals surface area contributed by atoms with Crippen LogP contribution in [0.3, 0.4) is 0 Å². The number of Topliss-reactive ketones (excluding diaryl/α,β-unsaturated/α-hetero) is 1. The third-order valence-corrected chi connectivity index (χ3v) is 6.18. The number of thiazole rings is 1. The lowest BCUT2D eigenvalue weighted by Crippen LogP contribution is -2.03. The van der Waals surface area contributed by atoms with Crippen molar-refractivity contribution in [1.82, 2.24) is 4.98 Å². The zero-order valence-corrected chi connectivity index (χ0v) is 18.8. The van der Waals surface area contributed by atoms with Crippen molar-refractivity contribution in [3.63, 3.8) is 0 Å². The minimum Gasteiger partial charge on any atom is -0.494 e. The maximum Gasteiger partial charge on any atom is 0.196 e. The summed E-state index contributed by atoms with van der Waals surface area (Å²) < 4.78 is 6.58. The number of fused-ring (bicyclic) bond motifs is 1. The second-order valence-corrected chi connectivity index (χ2v) is 8.68. The van der Waals surface area contributed by atoms with Gasteiger partial charge in [0, 0.05) is 5.56 Å². The van der Waals surface area contributed by atoms with Crippen LogP contribution in [0.5, 0.6) is 5.75 Å². The van der Waals surface area contributed by atoms with Gasteiger partial charge >= 0.3 is 0 Å². The van der Waals surface area contributed by atoms with Gasteiger partial charge in [0.2, 0.25) is 0 Å². The standard InChI is InChI=1S/C27H25NO2S/c1-4-30-22-15-13-21(14-16-22)26(29)23(17-19-9-11-20(12-10-19)18(2)3)27-28-24-7-5-6-8-25(24)31-27/h5-18H,4H2,1-3H3. The van der Waals surface area contributed by atoms with Gasteiger partial charge in [0.25, 0.3) is 0 Å². The SMILES string of the molecule is CCOc1ccc(C(=O)C(=Cc2ccc(C(C)C)cc2)c2nc3ccccc3s2)cc1. The number of allylic oxidation sites excluding steroid dienone is 1. The van der Waals surface area contributed by atoms with Crippen LogP contribution in [0.15, 0.2) is 72.8 Å². The molecule has 0 fully saturated rings. The third kappa shape index (κ3) is 4.75. The van der Waals surface area contributed by atoms with E-state index < -0.39 is 0 Å². The molecule has 3 nitrogen and oxygen atoms in total. The maximum absolute atomic E-state index is 13.5. The van der Waals surface area contributed by atoms with Crippen LogP contribution in [-0.4, -0.2) is 17.4 Å². The largest absolute Gasteiger partial charge is 0.494 e. The van der Waals surface area contributed by atoms with Crippen LogP contribution >= 0.6 is 11.3 Å². The van der Waals surface area contributed by atoms with Crippen LogP contribution in [-0.2, 0) is 0 Å². The average molecular weight is 428 g/mol. The number of aromatic nitrogens is 1. The highest BCUT2D eigenvalue weighted by atomic mass is 32.1. The number of hydrogen-bond acceptors (Lipinski definition) is 4. The molecule has 1 aromatic heterocycles. The molecule has 4 heteroatoms. The Balaban J connectivity index is 1.77. The fourth-order valence-corrected chi connectivity index (χ4v) is 4.36. The Morgan fingerprint density at radius 2 is 1.71 bits per heavy atom. The van der Waals surface area contributed by atoms with Crippen molar-refractivity contribution in [2.75, 3.05) is 6.61 Å². The molecule has 156 valence electrons. The van der Waals surface area contributed by atoms with E-state index in [0.29, 0.717) is 23.7 Å². The topological polar surface area (TPSA) is 39.2 Å². The molecule has 0 aliphatic heterocycles. The van der Waals surface area contributed by atoms with Crippen molar-refractivity contribution in [1.29, 1.82) is 0 Å². The zero-order chi connectivity index (χ0) is 21.8. The molecule has 0 unspecified atom stereocenters. The molecule has 0 aliphatic carbocycles. The highest BCUT2D eigenvalue weighted by Gasteiger charge is 2.19. The van der Waals surface area contributed by atoms with E-state index >= 15 is 0 Å². The number of hydrogen-bond donors (Lipinski definition) is 0. The van der Waals surface area contributed by atoms with Gasteiger partial charge in [-0.15, -0.1) is 11.3 Å². The van der Waals surface area contributed by atoms with E-state index in [1.54, 1.807) is 11.3 Å². The summed E-state index contributed by atoms with van der Waals surface area (Å²) in [7, 11) is 0. The van der Waals surface area contributed by atoms with Crippen LogP contribution in [0.4, 0.5) is 0 Å². The van der Waals surface area contributed by atoms with Gasteiger partial charge in [0.05, 0.1) is 22.4 Å². The fraction of sp³-hybridized carbons (Fsp3) is 0.185. The first-order valence-corrected chi connectivity index (χ1v) is 11.3. The molecule has 31 heavy (non-hydrogen) atoms. The molecule has 0 amide bonds. The van der Waals surface area contributed by atoms with Crippen LogP contribution in [0, 0.1) is 0 Å². The molecule has 1 heterocycles. The van der Waals surface area contributed by atoms with Gasteiger partial charge in [-0.2, -0.15) is 0 Å². The Hall–Kier alpha value is -3.24. The van der Waals surface area contributed by atoms with E-state index in [1.807, 2.05) is 61.5 Å². The summed E-state index contributed by atoms with van der Waals surface area (Å²) in [6.07, 6.45) is 1.95. The van der Waals surface area contributed by atoms with Gasteiger partial charge in [-0.05, 0) is 66.4 Å². The summed E-state index contributed by atoms with van der Waals surface area (Å²) in [5.41, 5.74) is 4.38. The smallest absolute Gasteiger partial charge is 0.196 e. The summed E-state index contributed by atoms with van der Waals surface area (Å²) in [4.78, 5) is 18.3. The minimum absolute atomic E-state index is 0.0463. The lowest BCUT2D eigenvalue weighted by atomic mass is 9.98. The predicted octanol–water partition coefficient (Wildman–Crippen LogP) is 7.24. The van der Waals surface area contributed by atoms with E-state index in [0.717, 1.165) is 26.5 Å². The van der Waals surface area contributed by atoms with Gasteiger partial charge < -0.3 is 4.74 Å². The quantitative estimate of drug-likeness (QED) is 0.230. The predicted molar refractivity (Wildman–Crippen MR) is 130 cm³/mol. The number of benzene rings is 3. The van der Waals surface area contributed by atoms with E-state index in [-0.39, 0.29) is 5.78 Å². The summed E-state index contributed by atoms with van der Waals surface area (Å²) in [6, 6.07) is 23.6. The molecule has 3 aromatic carbocycles. The molecule has 0 spiro atoms. The second kappa shape index (κ2) is 9.27. The zero-order valence-electron chi connectivity index (χ0n) is 18.0. The number of ether oxygens (including phenoxy) is 1. The third-order valence-electron chi connectivity index (χ3n) is 5.11. The molecule has 0 bridgehead atoms. The van der Waals surface area contributed by atoms with Crippen LogP contribution in [0.25, 0.3) is 21.9 Å². The number of carbonyl (C=O) groups is 1. The van der Waals surface area contributed by atoms with E-state index in [1.165, 1.54) is 5.56 Å². The summed E-state index contributed by atoms with van der Waals surface area (Å²) in [5.74, 6) is 1.18. The van der Waals surface area contributed by atoms with Crippen molar-refractivity contribution < 1.29 is 9.53 Å². The van der Waals surface area contributed by atoms with E-state index in [9.17, 15) is 4.79 Å². The van der Waals surface area contributed by atoms with Gasteiger partial charge in [-0.25, -0.2) is 4.98 Å². The number of para-hydroxylation sites is 1. The Morgan fingerprint density at radius 3 is 2.35 bits per heavy atom. The normalized spacial score (nSPS) is 11.8. The van der Waals surface area contributed by atoms with Crippen molar-refractivity contribution in [2.24, 2.45) is 0 Å². The molecule has 0 atom stereocenters. The molecular formula is C27H25NO2S. The molecule has 4 rings (SSSR count). The summed E-state index contributed by atoms with van der Waals surface area (Å²) >= 11 is 1.54. The summed E-state index contributed by atoms with van der Waals surface area (Å²) in [5, 5.41) is 0.730. The Bertz CT molecular complexity index is 1190. The molecule has 0 saturated carbocycles. The Kier molecular flexibility index (Phi) is 6.28. The molecule has 0 aliphatic rings. The lowest BCUT2D eigenvalue weighted by Gasteiger charge is -2.08. The highest BCUT2D eigenvalue weighted by molar-refractivity contribution is 7.20. The first kappa shape index (κ1) is 21.0. The van der Waals surface area contributed by atoms with Crippen molar-refractivity contribution in [3.05, 3.63) is 94.5 Å². The highest BCUT2D eigenvalue weighted by Crippen LogP contribution is 2.31. The molecule has 0 radical (unpaired) electrons. The fourth-order valence-electron chi connectivity index (χ4n) is 3.38. The monoisotopic (exact) mass is 427 g/mol. The van der Waals surface area contributed by atoms with Crippen LogP contribution in [0.1, 0.15) is 53.2 Å². The number of nitrogens with zero attached hydrogens (tertiary/aromatic N) is 1. The molecule has 0 N–H and O–H groups in total. The lowest BCUT2D eigenvalue weighted by molar-refractivity contribution is 0.105. The molecule has 4 aromatic rings. The van der Waals surface area contributed by atoms with Crippen LogP contribution in [0.2, 0.25) is 0 Å². The minimum atomic E-state index is -0.0463. The molecular weight excluding hydrogens is 402 g/mol. The second-order valence-electron chi connectivity index (χ2n) is 7.65. The van der Waals surface area contributed by atoms with E-state index in [4.69, 9.17) is 9.72 Å². The molecule has 0 saturated heterocycles. The maximum atomic E-state index is 13.5. The Labute approximate surface area is 187 Å².